The van der Waals surface area contributed by atoms with Gasteiger partial charge in [-0.25, -0.2) is 0 Å². The topological polar surface area (TPSA) is 50.2 Å². The number of piperidine rings is 1. The Bertz CT molecular complexity index is 554. The van der Waals surface area contributed by atoms with Crippen molar-refractivity contribution in [2.75, 3.05) is 13.1 Å². The highest BCUT2D eigenvalue weighted by Gasteiger charge is 2.24. The van der Waals surface area contributed by atoms with E-state index >= 15 is 0 Å². The van der Waals surface area contributed by atoms with E-state index in [1.165, 1.54) is 43.4 Å². The number of hydrogen-bond donors (Lipinski definition) is 1. The molecule has 0 atom stereocenters. The van der Waals surface area contributed by atoms with E-state index in [-0.39, 0.29) is 0 Å². The monoisotopic (exact) mass is 346 g/mol. The number of aromatic nitrogens is 2. The van der Waals surface area contributed by atoms with Crippen LogP contribution in [0.15, 0.2) is 6.20 Å². The average Bonchev–Trinajstić information content (AvgIpc) is 3.02. The summed E-state index contributed by atoms with van der Waals surface area (Å²) in [6.45, 7) is 4.79. The molecule has 5 nitrogen and oxygen atoms in total. The molecule has 1 aromatic heterocycles. The summed E-state index contributed by atoms with van der Waals surface area (Å²) in [5.74, 6) is 0.980. The van der Waals surface area contributed by atoms with Gasteiger partial charge in [-0.3, -0.25) is 9.48 Å². The van der Waals surface area contributed by atoms with E-state index in [1.54, 1.807) is 0 Å². The molecule has 1 aliphatic carbocycles. The van der Waals surface area contributed by atoms with Crippen LogP contribution in [-0.2, 0) is 18.4 Å². The maximum Gasteiger partial charge on any atom is 0.222 e. The number of carbonyl (C=O) groups excluding carboxylic acids is 1. The smallest absolute Gasteiger partial charge is 0.222 e. The molecule has 1 N–H and O–H groups in total. The third-order valence-corrected chi connectivity index (χ3v) is 5.82. The molecular formula is C20H34N4O. The van der Waals surface area contributed by atoms with Gasteiger partial charge in [0.1, 0.15) is 0 Å². The van der Waals surface area contributed by atoms with Crippen LogP contribution >= 0.6 is 0 Å². The van der Waals surface area contributed by atoms with Crippen molar-refractivity contribution in [3.8, 4) is 0 Å². The summed E-state index contributed by atoms with van der Waals surface area (Å²) in [7, 11) is 2.04. The van der Waals surface area contributed by atoms with Crippen LogP contribution in [0.3, 0.4) is 0 Å². The average molecular weight is 347 g/mol. The fourth-order valence-corrected chi connectivity index (χ4v) is 4.37. The van der Waals surface area contributed by atoms with Gasteiger partial charge in [0.05, 0.1) is 5.69 Å². The number of aryl methyl sites for hydroxylation is 1. The highest BCUT2D eigenvalue weighted by atomic mass is 16.2. The third-order valence-electron chi connectivity index (χ3n) is 5.82. The van der Waals surface area contributed by atoms with E-state index in [9.17, 15) is 4.79 Å². The van der Waals surface area contributed by atoms with Crippen LogP contribution in [0, 0.1) is 0 Å². The second-order valence-electron chi connectivity index (χ2n) is 7.83. The molecule has 5 heteroatoms. The first-order valence-electron chi connectivity index (χ1n) is 10.2. The van der Waals surface area contributed by atoms with Crippen molar-refractivity contribution >= 4 is 5.91 Å². The lowest BCUT2D eigenvalue weighted by Gasteiger charge is -2.32. The molecule has 2 heterocycles. The number of nitrogens with zero attached hydrogens (tertiary/aromatic N) is 3. The zero-order valence-electron chi connectivity index (χ0n) is 16.0. The van der Waals surface area contributed by atoms with E-state index in [0.717, 1.165) is 38.9 Å². The predicted octanol–water partition coefficient (Wildman–Crippen LogP) is 3.35. The van der Waals surface area contributed by atoms with Crippen molar-refractivity contribution in [2.45, 2.75) is 83.2 Å². The Labute approximate surface area is 152 Å². The summed E-state index contributed by atoms with van der Waals surface area (Å²) in [4.78, 5) is 14.0. The first kappa shape index (κ1) is 18.4. The summed E-state index contributed by atoms with van der Waals surface area (Å²) in [6, 6.07) is 0.519. The van der Waals surface area contributed by atoms with E-state index in [4.69, 9.17) is 5.10 Å². The minimum Gasteiger partial charge on any atom is -0.343 e. The van der Waals surface area contributed by atoms with Crippen LogP contribution < -0.4 is 5.32 Å². The molecule has 1 saturated heterocycles. The molecule has 0 aromatic carbocycles. The van der Waals surface area contributed by atoms with Crippen LogP contribution in [0.5, 0.6) is 0 Å². The molecule has 1 aromatic rings. The van der Waals surface area contributed by atoms with Crippen LogP contribution in [0.4, 0.5) is 0 Å². The summed E-state index contributed by atoms with van der Waals surface area (Å²) in [5.41, 5.74) is 2.70. The van der Waals surface area contributed by atoms with Gasteiger partial charge >= 0.3 is 0 Å². The normalized spacial score (nSPS) is 20.2. The second kappa shape index (κ2) is 8.84. The first-order chi connectivity index (χ1) is 12.2. The minimum atomic E-state index is 0.327. The van der Waals surface area contributed by atoms with Crippen LogP contribution in [0.2, 0.25) is 0 Å². The molecule has 1 aliphatic heterocycles. The van der Waals surface area contributed by atoms with Gasteiger partial charge in [-0.1, -0.05) is 26.2 Å². The van der Waals surface area contributed by atoms with Crippen molar-refractivity contribution in [3.63, 3.8) is 0 Å². The highest BCUT2D eigenvalue weighted by molar-refractivity contribution is 5.76. The van der Waals surface area contributed by atoms with E-state index < -0.39 is 0 Å². The largest absolute Gasteiger partial charge is 0.343 e. The fraction of sp³-hybridized carbons (Fsp3) is 0.800. The number of hydrogen-bond acceptors (Lipinski definition) is 3. The lowest BCUT2D eigenvalue weighted by atomic mass is 9.85. The standard InChI is InChI=1S/C20H34N4O/c1-3-7-19(25)24-12-10-18(11-13-24)21-14-17-15-23(2)22-20(17)16-8-5-4-6-9-16/h15-16,18,21H,3-14H2,1-2H3. The first-order valence-corrected chi connectivity index (χ1v) is 10.2. The Balaban J connectivity index is 1.50. The Hall–Kier alpha value is -1.36. The zero-order valence-corrected chi connectivity index (χ0v) is 16.0. The fourth-order valence-electron chi connectivity index (χ4n) is 4.37. The molecule has 3 rings (SSSR count). The molecule has 25 heavy (non-hydrogen) atoms. The molecule has 1 saturated carbocycles. The Morgan fingerprint density at radius 1 is 1.20 bits per heavy atom. The van der Waals surface area contributed by atoms with E-state index in [0.29, 0.717) is 24.3 Å². The van der Waals surface area contributed by atoms with Crippen LogP contribution in [-0.4, -0.2) is 39.7 Å². The molecule has 2 fully saturated rings. The Morgan fingerprint density at radius 2 is 1.92 bits per heavy atom. The van der Waals surface area contributed by atoms with Gasteiger partial charge in [0.2, 0.25) is 5.91 Å². The maximum atomic E-state index is 12.0. The molecule has 0 bridgehead atoms. The summed E-state index contributed by atoms with van der Waals surface area (Å²) in [5, 5.41) is 8.51. The van der Waals surface area contributed by atoms with Crippen molar-refractivity contribution in [1.82, 2.24) is 20.0 Å². The van der Waals surface area contributed by atoms with Crippen molar-refractivity contribution in [1.29, 1.82) is 0 Å². The number of nitrogens with one attached hydrogen (secondary N) is 1. The molecular weight excluding hydrogens is 312 g/mol. The molecule has 0 spiro atoms. The summed E-state index contributed by atoms with van der Waals surface area (Å²) in [6.07, 6.45) is 12.6. The number of amides is 1. The van der Waals surface area contributed by atoms with Crippen LogP contribution in [0.25, 0.3) is 0 Å². The quantitative estimate of drug-likeness (QED) is 0.859. The Kier molecular flexibility index (Phi) is 6.51. The number of carbonyl (C=O) groups is 1. The van der Waals surface area contributed by atoms with E-state index in [2.05, 4.69) is 18.4 Å². The SMILES string of the molecule is CCCC(=O)N1CCC(NCc2cn(C)nc2C2CCCCC2)CC1. The predicted molar refractivity (Wildman–Crippen MR) is 100 cm³/mol. The zero-order chi connectivity index (χ0) is 17.6. The van der Waals surface area contributed by atoms with Gasteiger partial charge < -0.3 is 10.2 Å². The molecule has 2 aliphatic rings. The van der Waals surface area contributed by atoms with Gasteiger partial charge in [-0.05, 0) is 32.1 Å². The number of rotatable bonds is 6. The summed E-state index contributed by atoms with van der Waals surface area (Å²) >= 11 is 0. The van der Waals surface area contributed by atoms with E-state index in [1.807, 2.05) is 16.6 Å². The lowest BCUT2D eigenvalue weighted by Crippen LogP contribution is -2.44. The van der Waals surface area contributed by atoms with Gasteiger partial charge in [0, 0.05) is 56.8 Å². The highest BCUT2D eigenvalue weighted by Crippen LogP contribution is 2.33. The minimum absolute atomic E-state index is 0.327. The number of likely N-dealkylation sites (tertiary alicyclic amines) is 1. The van der Waals surface area contributed by atoms with Crippen molar-refractivity contribution < 1.29 is 4.79 Å². The molecule has 0 unspecified atom stereocenters. The maximum absolute atomic E-state index is 12.0. The third kappa shape index (κ3) is 4.84. The van der Waals surface area contributed by atoms with Gasteiger partial charge in [0.25, 0.3) is 0 Å². The summed E-state index contributed by atoms with van der Waals surface area (Å²) < 4.78 is 1.98. The van der Waals surface area contributed by atoms with Gasteiger partial charge in [0.15, 0.2) is 0 Å². The van der Waals surface area contributed by atoms with Gasteiger partial charge in [-0.15, -0.1) is 0 Å². The lowest BCUT2D eigenvalue weighted by molar-refractivity contribution is -0.132. The second-order valence-corrected chi connectivity index (χ2v) is 7.83. The molecule has 0 radical (unpaired) electrons. The van der Waals surface area contributed by atoms with Gasteiger partial charge in [-0.2, -0.15) is 5.10 Å². The van der Waals surface area contributed by atoms with Crippen molar-refractivity contribution in [3.05, 3.63) is 17.5 Å². The molecule has 140 valence electrons. The van der Waals surface area contributed by atoms with Crippen molar-refractivity contribution in [2.24, 2.45) is 7.05 Å². The Morgan fingerprint density at radius 3 is 2.60 bits per heavy atom. The van der Waals surface area contributed by atoms with Crippen LogP contribution in [0.1, 0.15) is 81.9 Å². The molecule has 1 amide bonds.